The standard InChI is InChI=1S/C13H16N4O2S/c1-19-10-4-2-9(3-5-10)8-11(18)15-7-6-12-16-17-13(14)20-12/h2-5H,6-8H2,1H3,(H2,14,17)(H,15,18). The first kappa shape index (κ1) is 14.3. The van der Waals surface area contributed by atoms with Gasteiger partial charge in [-0.2, -0.15) is 0 Å². The van der Waals surface area contributed by atoms with Crippen LogP contribution in [0.2, 0.25) is 0 Å². The van der Waals surface area contributed by atoms with E-state index in [9.17, 15) is 4.79 Å². The number of carbonyl (C=O) groups excluding carboxylic acids is 1. The van der Waals surface area contributed by atoms with Crippen LogP contribution in [0.4, 0.5) is 5.13 Å². The molecule has 2 aromatic rings. The van der Waals surface area contributed by atoms with E-state index < -0.39 is 0 Å². The number of methoxy groups -OCH3 is 1. The van der Waals surface area contributed by atoms with E-state index >= 15 is 0 Å². The van der Waals surface area contributed by atoms with E-state index in [4.69, 9.17) is 10.5 Å². The SMILES string of the molecule is COc1ccc(CC(=O)NCCc2nnc(N)s2)cc1. The molecule has 20 heavy (non-hydrogen) atoms. The minimum atomic E-state index is -0.0207. The number of amides is 1. The van der Waals surface area contributed by atoms with Gasteiger partial charge in [-0.3, -0.25) is 4.79 Å². The molecule has 0 saturated carbocycles. The molecule has 0 spiro atoms. The number of hydrogen-bond acceptors (Lipinski definition) is 6. The molecule has 1 aromatic carbocycles. The Morgan fingerprint density at radius 1 is 1.35 bits per heavy atom. The normalized spacial score (nSPS) is 10.2. The topological polar surface area (TPSA) is 90.1 Å². The predicted octanol–water partition coefficient (Wildman–Crippen LogP) is 1.03. The quantitative estimate of drug-likeness (QED) is 0.830. The van der Waals surface area contributed by atoms with Crippen molar-refractivity contribution in [3.8, 4) is 5.75 Å². The van der Waals surface area contributed by atoms with E-state index in [0.29, 0.717) is 24.5 Å². The summed E-state index contributed by atoms with van der Waals surface area (Å²) in [7, 11) is 1.61. The Bertz CT molecular complexity index is 568. The zero-order valence-electron chi connectivity index (χ0n) is 11.1. The van der Waals surface area contributed by atoms with E-state index in [1.165, 1.54) is 11.3 Å². The summed E-state index contributed by atoms with van der Waals surface area (Å²) in [6, 6.07) is 7.44. The van der Waals surface area contributed by atoms with Gasteiger partial charge < -0.3 is 15.8 Å². The Morgan fingerprint density at radius 2 is 2.10 bits per heavy atom. The number of nitrogens with zero attached hydrogens (tertiary/aromatic N) is 2. The number of nitrogens with one attached hydrogen (secondary N) is 1. The number of aromatic nitrogens is 2. The Balaban J connectivity index is 1.74. The first-order chi connectivity index (χ1) is 9.67. The maximum atomic E-state index is 11.8. The summed E-state index contributed by atoms with van der Waals surface area (Å²) in [6.07, 6.45) is 0.992. The van der Waals surface area contributed by atoms with Gasteiger partial charge in [-0.05, 0) is 17.7 Å². The number of ether oxygens (including phenoxy) is 1. The van der Waals surface area contributed by atoms with Gasteiger partial charge in [-0.1, -0.05) is 23.5 Å². The molecule has 0 saturated heterocycles. The van der Waals surface area contributed by atoms with Crippen LogP contribution in [0.15, 0.2) is 24.3 Å². The summed E-state index contributed by atoms with van der Waals surface area (Å²) in [4.78, 5) is 11.8. The largest absolute Gasteiger partial charge is 0.497 e. The van der Waals surface area contributed by atoms with Crippen LogP contribution in [-0.2, 0) is 17.6 Å². The molecule has 0 radical (unpaired) electrons. The zero-order chi connectivity index (χ0) is 14.4. The summed E-state index contributed by atoms with van der Waals surface area (Å²) in [5.41, 5.74) is 6.43. The van der Waals surface area contributed by atoms with Crippen molar-refractivity contribution in [3.63, 3.8) is 0 Å². The highest BCUT2D eigenvalue weighted by Crippen LogP contribution is 2.12. The minimum absolute atomic E-state index is 0.0207. The molecule has 1 amide bonds. The highest BCUT2D eigenvalue weighted by Gasteiger charge is 2.05. The summed E-state index contributed by atoms with van der Waals surface area (Å²) in [5.74, 6) is 0.760. The van der Waals surface area contributed by atoms with Crippen LogP contribution in [0, 0.1) is 0 Å². The molecule has 2 rings (SSSR count). The minimum Gasteiger partial charge on any atom is -0.497 e. The van der Waals surface area contributed by atoms with E-state index in [1.807, 2.05) is 24.3 Å². The Morgan fingerprint density at radius 3 is 2.70 bits per heavy atom. The molecule has 0 unspecified atom stereocenters. The van der Waals surface area contributed by atoms with Crippen molar-refractivity contribution in [2.45, 2.75) is 12.8 Å². The third-order valence-electron chi connectivity index (χ3n) is 2.67. The monoisotopic (exact) mass is 292 g/mol. The molecule has 6 nitrogen and oxygen atoms in total. The van der Waals surface area contributed by atoms with Gasteiger partial charge in [0.1, 0.15) is 10.8 Å². The van der Waals surface area contributed by atoms with Crippen molar-refractivity contribution < 1.29 is 9.53 Å². The van der Waals surface area contributed by atoms with Crippen molar-refractivity contribution in [3.05, 3.63) is 34.8 Å². The highest BCUT2D eigenvalue weighted by molar-refractivity contribution is 7.15. The molecular formula is C13H16N4O2S. The molecule has 0 aliphatic carbocycles. The van der Waals surface area contributed by atoms with Gasteiger partial charge in [0.2, 0.25) is 11.0 Å². The third kappa shape index (κ3) is 4.20. The second-order valence-electron chi connectivity index (χ2n) is 4.16. The van der Waals surface area contributed by atoms with Crippen LogP contribution in [-0.4, -0.2) is 29.8 Å². The molecule has 3 N–H and O–H groups in total. The number of anilines is 1. The maximum Gasteiger partial charge on any atom is 0.224 e. The van der Waals surface area contributed by atoms with E-state index in [-0.39, 0.29) is 5.91 Å². The fourth-order valence-electron chi connectivity index (χ4n) is 1.67. The van der Waals surface area contributed by atoms with Crippen LogP contribution < -0.4 is 15.8 Å². The van der Waals surface area contributed by atoms with Crippen LogP contribution >= 0.6 is 11.3 Å². The van der Waals surface area contributed by atoms with Gasteiger partial charge in [0.05, 0.1) is 13.5 Å². The molecule has 106 valence electrons. The van der Waals surface area contributed by atoms with Gasteiger partial charge >= 0.3 is 0 Å². The smallest absolute Gasteiger partial charge is 0.224 e. The van der Waals surface area contributed by atoms with E-state index in [0.717, 1.165) is 16.3 Å². The van der Waals surface area contributed by atoms with Gasteiger partial charge in [-0.15, -0.1) is 10.2 Å². The first-order valence-corrected chi connectivity index (χ1v) is 6.96. The number of rotatable bonds is 6. The van der Waals surface area contributed by atoms with Gasteiger partial charge in [0, 0.05) is 13.0 Å². The van der Waals surface area contributed by atoms with Crippen LogP contribution in [0.1, 0.15) is 10.6 Å². The Hall–Kier alpha value is -2.15. The third-order valence-corrected chi connectivity index (χ3v) is 3.48. The average molecular weight is 292 g/mol. The van der Waals surface area contributed by atoms with Crippen molar-refractivity contribution in [2.75, 3.05) is 19.4 Å². The van der Waals surface area contributed by atoms with E-state index in [1.54, 1.807) is 7.11 Å². The van der Waals surface area contributed by atoms with Crippen LogP contribution in [0.25, 0.3) is 0 Å². The van der Waals surface area contributed by atoms with Gasteiger partial charge in [0.15, 0.2) is 0 Å². The molecule has 7 heteroatoms. The summed E-state index contributed by atoms with van der Waals surface area (Å²) in [5, 5.41) is 11.7. The van der Waals surface area contributed by atoms with Gasteiger partial charge in [-0.25, -0.2) is 0 Å². The predicted molar refractivity (Wildman–Crippen MR) is 77.7 cm³/mol. The lowest BCUT2D eigenvalue weighted by Gasteiger charge is -2.05. The lowest BCUT2D eigenvalue weighted by molar-refractivity contribution is -0.120. The molecule has 0 aliphatic rings. The Kier molecular flexibility index (Phi) is 4.89. The fourth-order valence-corrected chi connectivity index (χ4v) is 2.28. The van der Waals surface area contributed by atoms with Gasteiger partial charge in [0.25, 0.3) is 0 Å². The maximum absolute atomic E-state index is 11.8. The number of nitrogens with two attached hydrogens (primary N) is 1. The number of carbonyl (C=O) groups is 1. The zero-order valence-corrected chi connectivity index (χ0v) is 11.9. The molecular weight excluding hydrogens is 276 g/mol. The summed E-state index contributed by atoms with van der Waals surface area (Å²) < 4.78 is 5.07. The van der Waals surface area contributed by atoms with Crippen molar-refractivity contribution in [1.29, 1.82) is 0 Å². The number of benzene rings is 1. The van der Waals surface area contributed by atoms with Crippen LogP contribution in [0.5, 0.6) is 5.75 Å². The lowest BCUT2D eigenvalue weighted by Crippen LogP contribution is -2.27. The second-order valence-corrected chi connectivity index (χ2v) is 5.25. The Labute approximate surface area is 121 Å². The fraction of sp³-hybridized carbons (Fsp3) is 0.308. The average Bonchev–Trinajstić information content (AvgIpc) is 2.85. The van der Waals surface area contributed by atoms with Crippen molar-refractivity contribution >= 4 is 22.4 Å². The van der Waals surface area contributed by atoms with Crippen molar-refractivity contribution in [1.82, 2.24) is 15.5 Å². The molecule has 0 atom stereocenters. The molecule has 1 heterocycles. The second kappa shape index (κ2) is 6.85. The summed E-state index contributed by atoms with van der Waals surface area (Å²) >= 11 is 1.34. The molecule has 0 aliphatic heterocycles. The molecule has 0 bridgehead atoms. The van der Waals surface area contributed by atoms with Crippen molar-refractivity contribution in [2.24, 2.45) is 0 Å². The lowest BCUT2D eigenvalue weighted by atomic mass is 10.1. The first-order valence-electron chi connectivity index (χ1n) is 6.15. The number of nitrogen functional groups attached to an aromatic ring is 1. The van der Waals surface area contributed by atoms with Crippen LogP contribution in [0.3, 0.4) is 0 Å². The molecule has 1 aromatic heterocycles. The van der Waals surface area contributed by atoms with E-state index in [2.05, 4.69) is 15.5 Å². The summed E-state index contributed by atoms with van der Waals surface area (Å²) in [6.45, 7) is 0.531. The highest BCUT2D eigenvalue weighted by atomic mass is 32.1. The molecule has 0 fully saturated rings. The number of hydrogen-bond donors (Lipinski definition) is 2.